The monoisotopic (exact) mass is 595 g/mol. The Labute approximate surface area is 248 Å². The van der Waals surface area contributed by atoms with Crippen molar-refractivity contribution in [3.8, 4) is 6.07 Å². The second kappa shape index (κ2) is 17.6. The van der Waals surface area contributed by atoms with Gasteiger partial charge in [0.2, 0.25) is 11.8 Å². The highest BCUT2D eigenvalue weighted by Gasteiger charge is 2.25. The van der Waals surface area contributed by atoms with Gasteiger partial charge in [-0.15, -0.1) is 0 Å². The first kappa shape index (κ1) is 34.1. The van der Waals surface area contributed by atoms with Gasteiger partial charge in [0.05, 0.1) is 23.4 Å². The molecule has 12 nitrogen and oxygen atoms in total. The second-order valence-electron chi connectivity index (χ2n) is 9.57. The van der Waals surface area contributed by atoms with Crippen molar-refractivity contribution in [2.45, 2.75) is 45.6 Å². The molecule has 4 amide bonds. The van der Waals surface area contributed by atoms with Crippen molar-refractivity contribution >= 4 is 41.1 Å². The molecular formula is C30H34FN5O7. The molecule has 1 fully saturated rings. The van der Waals surface area contributed by atoms with Crippen LogP contribution in [-0.2, 0) is 28.7 Å². The minimum Gasteiger partial charge on any atom is -0.454 e. The molecule has 0 saturated carbocycles. The number of ketones is 1. The van der Waals surface area contributed by atoms with E-state index in [1.54, 1.807) is 13.0 Å². The van der Waals surface area contributed by atoms with Gasteiger partial charge in [-0.3, -0.25) is 24.0 Å². The lowest BCUT2D eigenvalue weighted by Gasteiger charge is -2.17. The average molecular weight is 596 g/mol. The molecule has 0 spiro atoms. The van der Waals surface area contributed by atoms with Gasteiger partial charge in [0.1, 0.15) is 17.9 Å². The summed E-state index contributed by atoms with van der Waals surface area (Å²) in [5.74, 6) is -4.80. The van der Waals surface area contributed by atoms with Crippen LogP contribution in [0.25, 0.3) is 0 Å². The molecule has 1 saturated heterocycles. The predicted octanol–water partition coefficient (Wildman–Crippen LogP) is 2.00. The topological polar surface area (TPSA) is 184 Å². The fraction of sp³-hybridized carbons (Fsp3) is 0.367. The van der Waals surface area contributed by atoms with Crippen molar-refractivity contribution in [3.63, 3.8) is 0 Å². The third kappa shape index (κ3) is 11.3. The van der Waals surface area contributed by atoms with E-state index in [1.807, 2.05) is 13.0 Å². The van der Waals surface area contributed by atoms with Crippen molar-refractivity contribution in [2.75, 3.05) is 25.0 Å². The molecule has 228 valence electrons. The Balaban J connectivity index is 0.000000694. The van der Waals surface area contributed by atoms with Gasteiger partial charge in [-0.05, 0) is 43.5 Å². The normalized spacial score (nSPS) is 14.4. The largest absolute Gasteiger partial charge is 0.454 e. The van der Waals surface area contributed by atoms with Gasteiger partial charge in [0, 0.05) is 12.5 Å². The van der Waals surface area contributed by atoms with E-state index in [9.17, 15) is 33.2 Å². The standard InChI is InChI=1S/C24H23FN4O6.C6H11NO/c1-2-7-20(29-23(33)22(32)28-19-11-6-5-10-18(19)25)21(31)27-13-16(30)14-35-24(34)17-9-4-3-8-15(17)12-26;1-5-3-2-4-7-6(5)8/h3-6,8-11,20H,2,7,13-14H2,1H3,(H,27,31)(H,28,32)(H,29,33);5H,2-4H2,1H3,(H,7,8). The first-order valence-electron chi connectivity index (χ1n) is 13.7. The number of hydrogen-bond acceptors (Lipinski definition) is 8. The molecule has 0 radical (unpaired) electrons. The Morgan fingerprint density at radius 3 is 2.42 bits per heavy atom. The molecule has 2 atom stereocenters. The van der Waals surface area contributed by atoms with Gasteiger partial charge in [-0.2, -0.15) is 5.26 Å². The molecule has 0 aliphatic carbocycles. The van der Waals surface area contributed by atoms with Gasteiger partial charge < -0.3 is 26.0 Å². The molecule has 1 heterocycles. The SMILES string of the molecule is CC1CCCNC1=O.CCCC(NC(=O)C(=O)Nc1ccccc1F)C(=O)NCC(=O)COC(=O)c1ccccc1C#N. The van der Waals surface area contributed by atoms with Crippen LogP contribution in [0.15, 0.2) is 48.5 Å². The van der Waals surface area contributed by atoms with Crippen LogP contribution in [0.4, 0.5) is 10.1 Å². The number of carbonyl (C=O) groups excluding carboxylic acids is 6. The summed E-state index contributed by atoms with van der Waals surface area (Å²) in [6, 6.07) is 11.9. The van der Waals surface area contributed by atoms with Crippen LogP contribution in [-0.4, -0.2) is 61.1 Å². The lowest BCUT2D eigenvalue weighted by Crippen LogP contribution is -2.50. The molecule has 1 aliphatic heterocycles. The number of para-hydroxylation sites is 1. The molecule has 13 heteroatoms. The van der Waals surface area contributed by atoms with E-state index in [-0.39, 0.29) is 35.1 Å². The van der Waals surface area contributed by atoms with Crippen LogP contribution >= 0.6 is 0 Å². The molecule has 0 aromatic heterocycles. The van der Waals surface area contributed by atoms with E-state index in [1.165, 1.54) is 36.4 Å². The number of nitriles is 1. The number of hydrogen-bond donors (Lipinski definition) is 4. The van der Waals surface area contributed by atoms with Crippen LogP contribution in [0, 0.1) is 23.1 Å². The number of Topliss-reactive ketones (excluding diaryl/α,β-unsaturated/α-hetero) is 1. The smallest absolute Gasteiger partial charge is 0.339 e. The fourth-order valence-corrected chi connectivity index (χ4v) is 3.79. The van der Waals surface area contributed by atoms with Crippen molar-refractivity contribution in [1.29, 1.82) is 5.26 Å². The number of anilines is 1. The molecule has 3 rings (SSSR count). The molecule has 2 aromatic rings. The van der Waals surface area contributed by atoms with E-state index in [0.717, 1.165) is 25.5 Å². The van der Waals surface area contributed by atoms with Gasteiger partial charge in [-0.25, -0.2) is 9.18 Å². The Morgan fingerprint density at radius 1 is 1.09 bits per heavy atom. The first-order valence-corrected chi connectivity index (χ1v) is 13.7. The zero-order chi connectivity index (χ0) is 31.8. The molecule has 43 heavy (non-hydrogen) atoms. The van der Waals surface area contributed by atoms with Gasteiger partial charge in [-0.1, -0.05) is 44.5 Å². The first-order chi connectivity index (χ1) is 20.6. The number of rotatable bonds is 10. The third-order valence-corrected chi connectivity index (χ3v) is 6.18. The highest BCUT2D eigenvalue weighted by molar-refractivity contribution is 6.40. The average Bonchev–Trinajstić information content (AvgIpc) is 3.01. The highest BCUT2D eigenvalue weighted by atomic mass is 19.1. The number of benzene rings is 2. The summed E-state index contributed by atoms with van der Waals surface area (Å²) in [7, 11) is 0. The van der Waals surface area contributed by atoms with Gasteiger partial charge in [0.15, 0.2) is 12.4 Å². The Hall–Kier alpha value is -5.12. The van der Waals surface area contributed by atoms with Crippen LogP contribution in [0.2, 0.25) is 0 Å². The second-order valence-corrected chi connectivity index (χ2v) is 9.57. The molecular weight excluding hydrogens is 561 g/mol. The van der Waals surface area contributed by atoms with Crippen molar-refractivity contribution in [3.05, 3.63) is 65.5 Å². The zero-order valence-corrected chi connectivity index (χ0v) is 23.9. The van der Waals surface area contributed by atoms with Crippen LogP contribution in [0.5, 0.6) is 0 Å². The van der Waals surface area contributed by atoms with Gasteiger partial charge in [0.25, 0.3) is 0 Å². The molecule has 4 N–H and O–H groups in total. The minimum atomic E-state index is -1.16. The fourth-order valence-electron chi connectivity index (χ4n) is 3.79. The zero-order valence-electron chi connectivity index (χ0n) is 23.9. The van der Waals surface area contributed by atoms with E-state index < -0.39 is 54.5 Å². The maximum atomic E-state index is 13.7. The molecule has 1 aliphatic rings. The maximum Gasteiger partial charge on any atom is 0.339 e. The van der Waals surface area contributed by atoms with Crippen LogP contribution < -0.4 is 21.3 Å². The van der Waals surface area contributed by atoms with Crippen LogP contribution in [0.3, 0.4) is 0 Å². The lowest BCUT2D eigenvalue weighted by molar-refractivity contribution is -0.138. The quantitative estimate of drug-likeness (QED) is 0.237. The summed E-state index contributed by atoms with van der Waals surface area (Å²) in [6.07, 6.45) is 2.84. The van der Waals surface area contributed by atoms with E-state index >= 15 is 0 Å². The van der Waals surface area contributed by atoms with E-state index in [0.29, 0.717) is 6.42 Å². The van der Waals surface area contributed by atoms with Gasteiger partial charge >= 0.3 is 17.8 Å². The number of piperidine rings is 1. The summed E-state index contributed by atoms with van der Waals surface area (Å²) < 4.78 is 18.6. The number of amides is 4. The number of carbonyl (C=O) groups is 6. The van der Waals surface area contributed by atoms with Crippen molar-refractivity contribution in [1.82, 2.24) is 16.0 Å². The Kier molecular flexibility index (Phi) is 14.0. The van der Waals surface area contributed by atoms with E-state index in [4.69, 9.17) is 10.00 Å². The summed E-state index contributed by atoms with van der Waals surface area (Å²) >= 11 is 0. The predicted molar refractivity (Wildman–Crippen MR) is 153 cm³/mol. The number of nitrogens with one attached hydrogen (secondary N) is 4. The minimum absolute atomic E-state index is 0.00576. The van der Waals surface area contributed by atoms with Crippen molar-refractivity contribution < 1.29 is 37.9 Å². The summed E-state index contributed by atoms with van der Waals surface area (Å²) in [4.78, 5) is 71.5. The summed E-state index contributed by atoms with van der Waals surface area (Å²) in [5, 5.41) is 18.5. The summed E-state index contributed by atoms with van der Waals surface area (Å²) in [5.41, 5.74) is -0.0941. The Bertz CT molecular complexity index is 1370. The number of nitrogens with zero attached hydrogens (tertiary/aromatic N) is 1. The maximum absolute atomic E-state index is 13.7. The molecule has 2 aromatic carbocycles. The van der Waals surface area contributed by atoms with Crippen LogP contribution in [0.1, 0.15) is 55.5 Å². The summed E-state index contributed by atoms with van der Waals surface area (Å²) in [6.45, 7) is 3.45. The number of ether oxygens (including phenoxy) is 1. The number of esters is 1. The molecule has 0 bridgehead atoms. The third-order valence-electron chi connectivity index (χ3n) is 6.18. The lowest BCUT2D eigenvalue weighted by atomic mass is 10.0. The van der Waals surface area contributed by atoms with E-state index in [2.05, 4.69) is 21.3 Å². The highest BCUT2D eigenvalue weighted by Crippen LogP contribution is 2.12. The molecule has 2 unspecified atom stereocenters. The Morgan fingerprint density at radius 2 is 1.79 bits per heavy atom. The number of halogens is 1. The van der Waals surface area contributed by atoms with Crippen molar-refractivity contribution in [2.24, 2.45) is 5.92 Å².